The summed E-state index contributed by atoms with van der Waals surface area (Å²) >= 11 is 0. The van der Waals surface area contributed by atoms with Crippen molar-refractivity contribution in [1.82, 2.24) is 14.9 Å². The minimum Gasteiger partial charge on any atom is -0.378 e. The number of aromatic nitrogens is 2. The van der Waals surface area contributed by atoms with E-state index in [1.165, 1.54) is 0 Å². The molecule has 0 atom stereocenters. The van der Waals surface area contributed by atoms with Crippen molar-refractivity contribution < 1.29 is 4.79 Å². The number of hydrogen-bond acceptors (Lipinski definition) is 5. The van der Waals surface area contributed by atoms with Crippen molar-refractivity contribution >= 4 is 23.1 Å². The SMILES string of the molecule is CCN(CC)C(=O)c1cc(Nc2ccc(N(C)C)cc2)nc(C)n1. The molecule has 1 aromatic carbocycles. The topological polar surface area (TPSA) is 61.4 Å². The molecular formula is C18H25N5O. The van der Waals surface area contributed by atoms with Crippen LogP contribution in [0.1, 0.15) is 30.2 Å². The highest BCUT2D eigenvalue weighted by molar-refractivity contribution is 5.93. The Morgan fingerprint density at radius 1 is 1.08 bits per heavy atom. The van der Waals surface area contributed by atoms with Crippen LogP contribution in [-0.2, 0) is 0 Å². The number of aryl methyl sites for hydroxylation is 1. The number of amides is 1. The molecule has 24 heavy (non-hydrogen) atoms. The molecule has 1 N–H and O–H groups in total. The van der Waals surface area contributed by atoms with Crippen LogP contribution >= 0.6 is 0 Å². The molecule has 0 aliphatic heterocycles. The molecule has 0 aliphatic rings. The molecule has 0 saturated carbocycles. The van der Waals surface area contributed by atoms with E-state index in [2.05, 4.69) is 15.3 Å². The molecule has 2 rings (SSSR count). The Balaban J connectivity index is 2.23. The Kier molecular flexibility index (Phi) is 5.73. The Morgan fingerprint density at radius 2 is 1.71 bits per heavy atom. The smallest absolute Gasteiger partial charge is 0.272 e. The third-order valence-electron chi connectivity index (χ3n) is 3.76. The van der Waals surface area contributed by atoms with Crippen molar-refractivity contribution in [1.29, 1.82) is 0 Å². The van der Waals surface area contributed by atoms with E-state index in [1.54, 1.807) is 17.9 Å². The number of benzene rings is 1. The van der Waals surface area contributed by atoms with Gasteiger partial charge in [0.2, 0.25) is 0 Å². The van der Waals surface area contributed by atoms with Crippen LogP contribution in [-0.4, -0.2) is 48.0 Å². The second kappa shape index (κ2) is 7.77. The number of nitrogens with one attached hydrogen (secondary N) is 1. The van der Waals surface area contributed by atoms with Gasteiger partial charge in [-0.25, -0.2) is 9.97 Å². The van der Waals surface area contributed by atoms with Crippen molar-refractivity contribution in [2.75, 3.05) is 37.4 Å². The fourth-order valence-electron chi connectivity index (χ4n) is 2.40. The zero-order valence-corrected chi connectivity index (χ0v) is 15.0. The second-order valence-electron chi connectivity index (χ2n) is 5.73. The molecule has 0 radical (unpaired) electrons. The Hall–Kier alpha value is -2.63. The highest BCUT2D eigenvalue weighted by Crippen LogP contribution is 2.20. The maximum atomic E-state index is 12.5. The molecule has 2 aromatic rings. The van der Waals surface area contributed by atoms with Crippen LogP contribution in [0, 0.1) is 6.92 Å². The minimum absolute atomic E-state index is 0.0727. The second-order valence-corrected chi connectivity index (χ2v) is 5.73. The summed E-state index contributed by atoms with van der Waals surface area (Å²) in [4.78, 5) is 24.9. The molecule has 1 heterocycles. The summed E-state index contributed by atoms with van der Waals surface area (Å²) in [6.45, 7) is 7.03. The summed E-state index contributed by atoms with van der Waals surface area (Å²) in [5, 5.41) is 3.24. The fourth-order valence-corrected chi connectivity index (χ4v) is 2.40. The van der Waals surface area contributed by atoms with E-state index in [-0.39, 0.29) is 5.91 Å². The van der Waals surface area contributed by atoms with Crippen molar-refractivity contribution in [2.24, 2.45) is 0 Å². The number of hydrogen-bond donors (Lipinski definition) is 1. The first-order valence-electron chi connectivity index (χ1n) is 8.14. The van der Waals surface area contributed by atoms with Gasteiger partial charge < -0.3 is 15.1 Å². The van der Waals surface area contributed by atoms with Crippen LogP contribution in [0.5, 0.6) is 0 Å². The summed E-state index contributed by atoms with van der Waals surface area (Å²) in [6.07, 6.45) is 0. The number of carbonyl (C=O) groups excluding carboxylic acids is 1. The molecule has 0 unspecified atom stereocenters. The largest absolute Gasteiger partial charge is 0.378 e. The molecule has 6 heteroatoms. The van der Waals surface area contributed by atoms with Gasteiger partial charge in [0.1, 0.15) is 17.3 Å². The third kappa shape index (κ3) is 4.22. The van der Waals surface area contributed by atoms with Gasteiger partial charge >= 0.3 is 0 Å². The molecular weight excluding hydrogens is 302 g/mol. The fraction of sp³-hybridized carbons (Fsp3) is 0.389. The quantitative estimate of drug-likeness (QED) is 0.883. The van der Waals surface area contributed by atoms with E-state index < -0.39 is 0 Å². The van der Waals surface area contributed by atoms with Gasteiger partial charge in [-0.3, -0.25) is 4.79 Å². The maximum Gasteiger partial charge on any atom is 0.272 e. The molecule has 0 aliphatic carbocycles. The van der Waals surface area contributed by atoms with E-state index >= 15 is 0 Å². The van der Waals surface area contributed by atoms with Gasteiger partial charge in [-0.2, -0.15) is 0 Å². The van der Waals surface area contributed by atoms with Gasteiger partial charge in [-0.05, 0) is 45.0 Å². The van der Waals surface area contributed by atoms with E-state index in [0.717, 1.165) is 11.4 Å². The molecule has 0 saturated heterocycles. The van der Waals surface area contributed by atoms with E-state index in [0.29, 0.717) is 30.4 Å². The monoisotopic (exact) mass is 327 g/mol. The van der Waals surface area contributed by atoms with E-state index in [4.69, 9.17) is 0 Å². The van der Waals surface area contributed by atoms with Gasteiger partial charge in [0, 0.05) is 44.6 Å². The van der Waals surface area contributed by atoms with Crippen LogP contribution in [0.4, 0.5) is 17.2 Å². The van der Waals surface area contributed by atoms with Crippen molar-refractivity contribution in [3.8, 4) is 0 Å². The lowest BCUT2D eigenvalue weighted by molar-refractivity contribution is 0.0766. The van der Waals surface area contributed by atoms with E-state index in [1.807, 2.05) is 57.1 Å². The molecule has 0 spiro atoms. The van der Waals surface area contributed by atoms with Gasteiger partial charge in [0.25, 0.3) is 5.91 Å². The number of anilines is 3. The minimum atomic E-state index is -0.0727. The predicted octanol–water partition coefficient (Wildman–Crippen LogP) is 3.08. The normalized spacial score (nSPS) is 10.4. The standard InChI is InChI=1S/C18H25N5O/c1-6-23(7-2)18(24)16-12-17(20-13(3)19-16)21-14-8-10-15(11-9-14)22(4)5/h8-12H,6-7H2,1-5H3,(H,19,20,21). The first kappa shape index (κ1) is 17.7. The Labute approximate surface area is 143 Å². The van der Waals surface area contributed by atoms with Crippen molar-refractivity contribution in [3.05, 3.63) is 41.9 Å². The maximum absolute atomic E-state index is 12.5. The zero-order valence-electron chi connectivity index (χ0n) is 15.0. The summed E-state index contributed by atoms with van der Waals surface area (Å²) in [7, 11) is 4.00. The van der Waals surface area contributed by atoms with Crippen LogP contribution in [0.2, 0.25) is 0 Å². The molecule has 128 valence electrons. The van der Waals surface area contributed by atoms with Crippen molar-refractivity contribution in [3.63, 3.8) is 0 Å². The van der Waals surface area contributed by atoms with Crippen LogP contribution in [0.25, 0.3) is 0 Å². The number of rotatable bonds is 6. The summed E-state index contributed by atoms with van der Waals surface area (Å²) in [6, 6.07) is 9.72. The van der Waals surface area contributed by atoms with Gasteiger partial charge in [-0.1, -0.05) is 0 Å². The molecule has 0 bridgehead atoms. The predicted molar refractivity (Wildman–Crippen MR) is 98.1 cm³/mol. The lowest BCUT2D eigenvalue weighted by Crippen LogP contribution is -2.31. The highest BCUT2D eigenvalue weighted by atomic mass is 16.2. The van der Waals surface area contributed by atoms with Crippen LogP contribution in [0.15, 0.2) is 30.3 Å². The average molecular weight is 327 g/mol. The van der Waals surface area contributed by atoms with Gasteiger partial charge in [-0.15, -0.1) is 0 Å². The molecule has 1 amide bonds. The lowest BCUT2D eigenvalue weighted by atomic mass is 10.2. The number of carbonyl (C=O) groups is 1. The molecule has 0 fully saturated rings. The Bertz CT molecular complexity index is 693. The molecule has 6 nitrogen and oxygen atoms in total. The lowest BCUT2D eigenvalue weighted by Gasteiger charge is -2.18. The molecule has 1 aromatic heterocycles. The van der Waals surface area contributed by atoms with Crippen molar-refractivity contribution in [2.45, 2.75) is 20.8 Å². The zero-order chi connectivity index (χ0) is 17.7. The first-order chi connectivity index (χ1) is 11.4. The number of nitrogens with zero attached hydrogens (tertiary/aromatic N) is 4. The third-order valence-corrected chi connectivity index (χ3v) is 3.76. The Morgan fingerprint density at radius 3 is 2.25 bits per heavy atom. The van der Waals surface area contributed by atoms with Crippen LogP contribution < -0.4 is 10.2 Å². The average Bonchev–Trinajstić information content (AvgIpc) is 2.55. The summed E-state index contributed by atoms with van der Waals surface area (Å²) in [5.41, 5.74) is 2.45. The van der Waals surface area contributed by atoms with Crippen LogP contribution in [0.3, 0.4) is 0 Å². The van der Waals surface area contributed by atoms with E-state index in [9.17, 15) is 4.79 Å². The highest BCUT2D eigenvalue weighted by Gasteiger charge is 2.15. The summed E-state index contributed by atoms with van der Waals surface area (Å²) in [5.74, 6) is 1.12. The van der Waals surface area contributed by atoms with Gasteiger partial charge in [0.05, 0.1) is 0 Å². The summed E-state index contributed by atoms with van der Waals surface area (Å²) < 4.78 is 0. The first-order valence-corrected chi connectivity index (χ1v) is 8.14. The van der Waals surface area contributed by atoms with Gasteiger partial charge in [0.15, 0.2) is 0 Å².